The van der Waals surface area contributed by atoms with E-state index < -0.39 is 6.61 Å². The van der Waals surface area contributed by atoms with Gasteiger partial charge < -0.3 is 15.2 Å². The molecule has 0 heterocycles. The molecule has 0 saturated carbocycles. The maximum absolute atomic E-state index is 12.3. The van der Waals surface area contributed by atoms with Gasteiger partial charge in [0.25, 0.3) is 0 Å². The minimum absolute atomic E-state index is 0.0935. The number of rotatable bonds is 5. The first-order valence-electron chi connectivity index (χ1n) is 5.92. The Balaban J connectivity index is 2.13. The lowest BCUT2D eigenvalue weighted by Crippen LogP contribution is -2.07. The molecule has 2 rings (SSSR count). The van der Waals surface area contributed by atoms with Gasteiger partial charge in [-0.15, -0.1) is 0 Å². The van der Waals surface area contributed by atoms with E-state index in [1.807, 2.05) is 0 Å². The Morgan fingerprint density at radius 3 is 2.38 bits per heavy atom. The van der Waals surface area contributed by atoms with E-state index in [-0.39, 0.29) is 28.1 Å². The second-order valence-electron chi connectivity index (χ2n) is 4.13. The summed E-state index contributed by atoms with van der Waals surface area (Å²) in [7, 11) is 0. The molecule has 21 heavy (non-hydrogen) atoms. The zero-order valence-electron chi connectivity index (χ0n) is 10.6. The average Bonchev–Trinajstić information content (AvgIpc) is 2.43. The Hall–Kier alpha value is -1.72. The van der Waals surface area contributed by atoms with Crippen molar-refractivity contribution in [3.05, 3.63) is 52.0 Å². The van der Waals surface area contributed by atoms with Gasteiger partial charge in [0, 0.05) is 17.8 Å². The molecule has 3 nitrogen and oxygen atoms in total. The summed E-state index contributed by atoms with van der Waals surface area (Å²) in [6.07, 6.45) is 0. The van der Waals surface area contributed by atoms with Crippen LogP contribution in [-0.4, -0.2) is 11.7 Å². The number of ether oxygens (including phenoxy) is 1. The Morgan fingerprint density at radius 2 is 1.76 bits per heavy atom. The number of phenols is 1. The quantitative estimate of drug-likeness (QED) is 0.763. The smallest absolute Gasteiger partial charge is 0.387 e. The summed E-state index contributed by atoms with van der Waals surface area (Å²) < 4.78 is 29.1. The number of alkyl halides is 2. The van der Waals surface area contributed by atoms with Crippen molar-refractivity contribution in [1.82, 2.24) is 0 Å². The lowest BCUT2D eigenvalue weighted by atomic mass is 10.2. The van der Waals surface area contributed by atoms with Gasteiger partial charge in [-0.1, -0.05) is 41.4 Å². The Labute approximate surface area is 130 Å². The van der Waals surface area contributed by atoms with Crippen molar-refractivity contribution in [3.63, 3.8) is 0 Å². The molecule has 112 valence electrons. The summed E-state index contributed by atoms with van der Waals surface area (Å²) in [5.41, 5.74) is 1.10. The lowest BCUT2D eigenvalue weighted by Gasteiger charge is -2.13. The molecular weight excluding hydrogens is 323 g/mol. The van der Waals surface area contributed by atoms with Crippen LogP contribution in [0.2, 0.25) is 10.0 Å². The molecule has 0 saturated heterocycles. The van der Waals surface area contributed by atoms with Crippen molar-refractivity contribution in [2.24, 2.45) is 0 Å². The third kappa shape index (κ3) is 4.12. The van der Waals surface area contributed by atoms with Crippen molar-refractivity contribution in [1.29, 1.82) is 0 Å². The summed E-state index contributed by atoms with van der Waals surface area (Å²) in [5.74, 6) is -0.110. The number of benzene rings is 2. The molecule has 0 amide bonds. The predicted octanol–water partition coefficient (Wildman–Crippen LogP) is 4.91. The van der Waals surface area contributed by atoms with Crippen LogP contribution in [0.15, 0.2) is 36.4 Å². The SMILES string of the molecule is Oc1c(Cl)cc(NCc2ccccc2OC(F)F)cc1Cl. The van der Waals surface area contributed by atoms with Gasteiger partial charge in [0.1, 0.15) is 5.75 Å². The summed E-state index contributed by atoms with van der Waals surface area (Å²) in [5, 5.41) is 12.6. The highest BCUT2D eigenvalue weighted by Gasteiger charge is 2.10. The maximum Gasteiger partial charge on any atom is 0.387 e. The van der Waals surface area contributed by atoms with Crippen LogP contribution in [0.25, 0.3) is 0 Å². The fraction of sp³-hybridized carbons (Fsp3) is 0.143. The highest BCUT2D eigenvalue weighted by atomic mass is 35.5. The second-order valence-corrected chi connectivity index (χ2v) is 4.94. The number of hydrogen-bond acceptors (Lipinski definition) is 3. The summed E-state index contributed by atoms with van der Waals surface area (Å²) in [6.45, 7) is -2.65. The third-order valence-electron chi connectivity index (χ3n) is 2.69. The van der Waals surface area contributed by atoms with Crippen LogP contribution in [0.5, 0.6) is 11.5 Å². The predicted molar refractivity (Wildman–Crippen MR) is 78.5 cm³/mol. The largest absolute Gasteiger partial charge is 0.505 e. The zero-order valence-corrected chi connectivity index (χ0v) is 12.1. The number of phenolic OH excluding ortho intramolecular Hbond substituents is 1. The molecular formula is C14H11Cl2F2NO2. The first-order chi connectivity index (χ1) is 9.97. The molecule has 0 spiro atoms. The van der Waals surface area contributed by atoms with Gasteiger partial charge in [-0.05, 0) is 18.2 Å². The van der Waals surface area contributed by atoms with Crippen LogP contribution in [0, 0.1) is 0 Å². The fourth-order valence-electron chi connectivity index (χ4n) is 1.73. The van der Waals surface area contributed by atoms with Crippen molar-refractivity contribution in [2.75, 3.05) is 5.32 Å². The van der Waals surface area contributed by atoms with Crippen molar-refractivity contribution in [3.8, 4) is 11.5 Å². The van der Waals surface area contributed by atoms with Crippen molar-refractivity contribution < 1.29 is 18.6 Å². The summed E-state index contributed by atoms with van der Waals surface area (Å²) >= 11 is 11.6. The Bertz CT molecular complexity index is 615. The van der Waals surface area contributed by atoms with Crippen LogP contribution in [0.1, 0.15) is 5.56 Å². The van der Waals surface area contributed by atoms with E-state index in [2.05, 4.69) is 10.1 Å². The molecule has 0 atom stereocenters. The zero-order chi connectivity index (χ0) is 15.4. The summed E-state index contributed by atoms with van der Waals surface area (Å²) in [4.78, 5) is 0. The van der Waals surface area contributed by atoms with Crippen LogP contribution in [0.4, 0.5) is 14.5 Å². The molecule has 0 aliphatic rings. The normalized spacial score (nSPS) is 10.7. The van der Waals surface area contributed by atoms with Gasteiger partial charge in [-0.2, -0.15) is 8.78 Å². The van der Waals surface area contributed by atoms with Crippen LogP contribution >= 0.6 is 23.2 Å². The highest BCUT2D eigenvalue weighted by Crippen LogP contribution is 2.35. The monoisotopic (exact) mass is 333 g/mol. The topological polar surface area (TPSA) is 41.5 Å². The number of hydrogen-bond donors (Lipinski definition) is 2. The van der Waals surface area contributed by atoms with E-state index in [9.17, 15) is 13.9 Å². The number of halogens is 4. The second kappa shape index (κ2) is 6.83. The lowest BCUT2D eigenvalue weighted by molar-refractivity contribution is -0.0504. The number of para-hydroxylation sites is 1. The van der Waals surface area contributed by atoms with Gasteiger partial charge in [0.05, 0.1) is 10.0 Å². The van der Waals surface area contributed by atoms with E-state index in [0.29, 0.717) is 11.3 Å². The molecule has 2 aromatic rings. The van der Waals surface area contributed by atoms with E-state index in [1.165, 1.54) is 18.2 Å². The van der Waals surface area contributed by atoms with Crippen LogP contribution < -0.4 is 10.1 Å². The highest BCUT2D eigenvalue weighted by molar-refractivity contribution is 6.37. The molecule has 0 aromatic heterocycles. The third-order valence-corrected chi connectivity index (χ3v) is 3.26. The van der Waals surface area contributed by atoms with E-state index in [0.717, 1.165) is 0 Å². The fourth-order valence-corrected chi connectivity index (χ4v) is 2.21. The molecule has 2 aromatic carbocycles. The molecule has 0 unspecified atom stereocenters. The van der Waals surface area contributed by atoms with E-state index in [4.69, 9.17) is 23.2 Å². The van der Waals surface area contributed by atoms with Gasteiger partial charge >= 0.3 is 6.61 Å². The van der Waals surface area contributed by atoms with Crippen LogP contribution in [0.3, 0.4) is 0 Å². The van der Waals surface area contributed by atoms with Gasteiger partial charge in [0.15, 0.2) is 5.75 Å². The molecule has 2 N–H and O–H groups in total. The van der Waals surface area contributed by atoms with Crippen molar-refractivity contribution >= 4 is 28.9 Å². The average molecular weight is 334 g/mol. The number of aromatic hydroxyl groups is 1. The standard InChI is InChI=1S/C14H11Cl2F2NO2/c15-10-5-9(6-11(16)13(10)20)19-7-8-3-1-2-4-12(8)21-14(17)18/h1-6,14,19-20H,7H2. The molecule has 7 heteroatoms. The molecule has 0 aliphatic carbocycles. The Kier molecular flexibility index (Phi) is 5.09. The van der Waals surface area contributed by atoms with Gasteiger partial charge in [-0.3, -0.25) is 0 Å². The molecule has 0 aliphatic heterocycles. The molecule has 0 fully saturated rings. The first kappa shape index (κ1) is 15.7. The first-order valence-corrected chi connectivity index (χ1v) is 6.67. The van der Waals surface area contributed by atoms with E-state index >= 15 is 0 Å². The minimum atomic E-state index is -2.89. The number of anilines is 1. The molecule has 0 radical (unpaired) electrons. The van der Waals surface area contributed by atoms with Gasteiger partial charge in [-0.25, -0.2) is 0 Å². The van der Waals surface area contributed by atoms with Crippen LogP contribution in [-0.2, 0) is 6.54 Å². The maximum atomic E-state index is 12.3. The van der Waals surface area contributed by atoms with Crippen molar-refractivity contribution in [2.45, 2.75) is 13.2 Å². The minimum Gasteiger partial charge on any atom is -0.505 e. The molecule has 0 bridgehead atoms. The Morgan fingerprint density at radius 1 is 1.14 bits per heavy atom. The van der Waals surface area contributed by atoms with Gasteiger partial charge in [0.2, 0.25) is 0 Å². The number of nitrogens with one attached hydrogen (secondary N) is 1. The summed E-state index contributed by atoms with van der Waals surface area (Å²) in [6, 6.07) is 9.41. The van der Waals surface area contributed by atoms with E-state index in [1.54, 1.807) is 18.2 Å².